The number of allylic oxidation sites excluding steroid dienone is 2. The van der Waals surface area contributed by atoms with Crippen LogP contribution in [0.5, 0.6) is 0 Å². The maximum Gasteiger partial charge on any atom is 0.472 e. The number of phosphoric acid groups is 1. The predicted octanol–water partition coefficient (Wildman–Crippen LogP) is 7.89. The van der Waals surface area contributed by atoms with Crippen LogP contribution in [0.4, 0.5) is 0 Å². The standard InChI is InChI=1S/C42H79O13P/c1-3-5-7-9-11-13-15-17-18-19-21-23-25-27-29-31-36(44)54-34(32-52-35(43)30-28-26-24-22-20-16-14-12-10-8-6-4-2)33-53-56(50,51)55-42-40(48)38(46)37(45)39(47)41(42)49/h17-18,34,37-42,45-49H,3-16,19-33H2,1-2H3,(H,50,51)/b18-17-/t34-,37?,38-,39?,40?,41?,42?/m1/s1. The molecule has 0 amide bonds. The first-order valence-electron chi connectivity index (χ1n) is 22.0. The Balaban J connectivity index is 2.49. The summed E-state index contributed by atoms with van der Waals surface area (Å²) in [4.78, 5) is 35.6. The molecule has 1 aliphatic carbocycles. The number of aliphatic hydroxyl groups excluding tert-OH is 5. The number of hydrogen-bond donors (Lipinski definition) is 6. The number of carbonyl (C=O) groups is 2. The summed E-state index contributed by atoms with van der Waals surface area (Å²) in [5.74, 6) is -1.10. The largest absolute Gasteiger partial charge is 0.472 e. The molecule has 14 heteroatoms. The van der Waals surface area contributed by atoms with Crippen LogP contribution in [0.15, 0.2) is 12.2 Å². The molecule has 56 heavy (non-hydrogen) atoms. The highest BCUT2D eigenvalue weighted by molar-refractivity contribution is 7.47. The Hall–Kier alpha value is -1.41. The van der Waals surface area contributed by atoms with Crippen molar-refractivity contribution >= 4 is 19.8 Å². The van der Waals surface area contributed by atoms with Gasteiger partial charge in [0.15, 0.2) is 6.10 Å². The maximum absolute atomic E-state index is 12.8. The molecule has 0 aliphatic heterocycles. The van der Waals surface area contributed by atoms with E-state index in [1.807, 2.05) is 0 Å². The van der Waals surface area contributed by atoms with Crippen LogP contribution >= 0.6 is 7.82 Å². The fourth-order valence-electron chi connectivity index (χ4n) is 6.75. The second-order valence-electron chi connectivity index (χ2n) is 15.6. The first kappa shape index (κ1) is 52.6. The van der Waals surface area contributed by atoms with Gasteiger partial charge in [-0.15, -0.1) is 0 Å². The van der Waals surface area contributed by atoms with Crippen molar-refractivity contribution in [1.82, 2.24) is 0 Å². The van der Waals surface area contributed by atoms with Crippen molar-refractivity contribution in [3.05, 3.63) is 12.2 Å². The zero-order valence-corrected chi connectivity index (χ0v) is 35.6. The molecule has 0 heterocycles. The fraction of sp³-hybridized carbons (Fsp3) is 0.905. The van der Waals surface area contributed by atoms with E-state index in [2.05, 4.69) is 26.0 Å². The summed E-state index contributed by atoms with van der Waals surface area (Å²) < 4.78 is 33.4. The van der Waals surface area contributed by atoms with Gasteiger partial charge in [-0.25, -0.2) is 4.57 Å². The first-order valence-corrected chi connectivity index (χ1v) is 23.5. The molecule has 0 bridgehead atoms. The fourth-order valence-corrected chi connectivity index (χ4v) is 7.73. The van der Waals surface area contributed by atoms with E-state index in [9.17, 15) is 44.6 Å². The SMILES string of the molecule is CCCCCCCC/C=C\CCCCCCCC(=O)O[C@H](COC(=O)CCCCCCCCCCCCCC)COP(=O)(O)OC1C(O)C(O)C(O)[C@@H](O)C1O. The van der Waals surface area contributed by atoms with Gasteiger partial charge in [0.25, 0.3) is 0 Å². The van der Waals surface area contributed by atoms with Crippen molar-refractivity contribution in [1.29, 1.82) is 0 Å². The average Bonchev–Trinajstić information content (AvgIpc) is 3.18. The van der Waals surface area contributed by atoms with Gasteiger partial charge in [-0.05, 0) is 38.5 Å². The lowest BCUT2D eigenvalue weighted by atomic mass is 9.85. The molecule has 0 aromatic carbocycles. The van der Waals surface area contributed by atoms with Crippen LogP contribution < -0.4 is 0 Å². The summed E-state index contributed by atoms with van der Waals surface area (Å²) in [5.41, 5.74) is 0. The number of aliphatic hydroxyl groups is 5. The highest BCUT2D eigenvalue weighted by Gasteiger charge is 2.51. The van der Waals surface area contributed by atoms with Gasteiger partial charge in [0.1, 0.15) is 43.2 Å². The minimum Gasteiger partial charge on any atom is -0.462 e. The number of unbranched alkanes of at least 4 members (excludes halogenated alkanes) is 22. The molecular weight excluding hydrogens is 743 g/mol. The highest BCUT2D eigenvalue weighted by atomic mass is 31.2. The Morgan fingerprint density at radius 2 is 0.911 bits per heavy atom. The zero-order valence-electron chi connectivity index (χ0n) is 34.7. The highest BCUT2D eigenvalue weighted by Crippen LogP contribution is 2.47. The topological polar surface area (TPSA) is 210 Å². The van der Waals surface area contributed by atoms with Crippen LogP contribution in [0, 0.1) is 0 Å². The van der Waals surface area contributed by atoms with Gasteiger partial charge in [-0.2, -0.15) is 0 Å². The predicted molar refractivity (Wildman–Crippen MR) is 217 cm³/mol. The van der Waals surface area contributed by atoms with Crippen LogP contribution in [0.25, 0.3) is 0 Å². The second kappa shape index (κ2) is 33.4. The van der Waals surface area contributed by atoms with Crippen molar-refractivity contribution in [2.24, 2.45) is 0 Å². The Bertz CT molecular complexity index is 1040. The Kier molecular flexibility index (Phi) is 31.4. The smallest absolute Gasteiger partial charge is 0.462 e. The van der Waals surface area contributed by atoms with E-state index >= 15 is 0 Å². The second-order valence-corrected chi connectivity index (χ2v) is 17.0. The molecule has 1 rings (SSSR count). The summed E-state index contributed by atoms with van der Waals surface area (Å²) in [6, 6.07) is 0. The summed E-state index contributed by atoms with van der Waals surface area (Å²) in [6.07, 6.45) is 19.9. The number of esters is 2. The van der Waals surface area contributed by atoms with E-state index in [0.717, 1.165) is 57.8 Å². The maximum atomic E-state index is 12.8. The molecule has 13 nitrogen and oxygen atoms in total. The molecule has 330 valence electrons. The molecule has 1 aliphatic rings. The molecule has 6 unspecified atom stereocenters. The van der Waals surface area contributed by atoms with E-state index in [1.165, 1.54) is 89.9 Å². The van der Waals surface area contributed by atoms with Crippen molar-refractivity contribution in [3.8, 4) is 0 Å². The monoisotopic (exact) mass is 823 g/mol. The molecule has 8 atom stereocenters. The lowest BCUT2D eigenvalue weighted by Gasteiger charge is -2.41. The molecule has 0 saturated heterocycles. The van der Waals surface area contributed by atoms with Crippen molar-refractivity contribution in [2.75, 3.05) is 13.2 Å². The normalized spacial score (nSPS) is 22.9. The minimum absolute atomic E-state index is 0.0906. The Morgan fingerprint density at radius 1 is 0.536 bits per heavy atom. The van der Waals surface area contributed by atoms with Crippen molar-refractivity contribution < 1.29 is 63.1 Å². The first-order chi connectivity index (χ1) is 26.9. The molecule has 0 aromatic heterocycles. The van der Waals surface area contributed by atoms with E-state index < -0.39 is 75.7 Å². The van der Waals surface area contributed by atoms with Gasteiger partial charge in [0.05, 0.1) is 6.61 Å². The van der Waals surface area contributed by atoms with Gasteiger partial charge >= 0.3 is 19.8 Å². The van der Waals surface area contributed by atoms with E-state index in [-0.39, 0.29) is 12.8 Å². The van der Waals surface area contributed by atoms with Crippen LogP contribution in [-0.4, -0.2) is 98.3 Å². The summed E-state index contributed by atoms with van der Waals surface area (Å²) >= 11 is 0. The number of hydrogen-bond acceptors (Lipinski definition) is 12. The van der Waals surface area contributed by atoms with E-state index in [1.54, 1.807) is 0 Å². The Morgan fingerprint density at radius 3 is 1.36 bits per heavy atom. The van der Waals surface area contributed by atoms with Crippen LogP contribution in [0.3, 0.4) is 0 Å². The summed E-state index contributed by atoms with van der Waals surface area (Å²) in [6.45, 7) is 3.28. The number of phosphoric ester groups is 1. The van der Waals surface area contributed by atoms with Crippen LogP contribution in [-0.2, 0) is 32.7 Å². The van der Waals surface area contributed by atoms with E-state index in [0.29, 0.717) is 12.8 Å². The third kappa shape index (κ3) is 25.8. The lowest BCUT2D eigenvalue weighted by molar-refractivity contribution is -0.220. The van der Waals surface area contributed by atoms with Gasteiger partial charge in [0, 0.05) is 12.8 Å². The van der Waals surface area contributed by atoms with Crippen molar-refractivity contribution in [2.45, 2.75) is 230 Å². The molecule has 1 saturated carbocycles. The zero-order chi connectivity index (χ0) is 41.4. The van der Waals surface area contributed by atoms with Gasteiger partial charge < -0.3 is 39.9 Å². The van der Waals surface area contributed by atoms with Gasteiger partial charge in [-0.1, -0.05) is 148 Å². The van der Waals surface area contributed by atoms with Gasteiger partial charge in [-0.3, -0.25) is 18.6 Å². The number of carbonyl (C=O) groups excluding carboxylic acids is 2. The average molecular weight is 823 g/mol. The molecule has 0 radical (unpaired) electrons. The molecule has 0 aromatic rings. The number of rotatable bonds is 36. The third-order valence-corrected chi connectivity index (χ3v) is 11.3. The third-order valence-electron chi connectivity index (χ3n) is 10.4. The Labute approximate surface area is 337 Å². The number of ether oxygens (including phenoxy) is 2. The molecular formula is C42H79O13P. The quantitative estimate of drug-likeness (QED) is 0.0154. The summed E-state index contributed by atoms with van der Waals surface area (Å²) in [5, 5.41) is 50.0. The molecule has 1 fully saturated rings. The molecule has 6 N–H and O–H groups in total. The summed E-state index contributed by atoms with van der Waals surface area (Å²) in [7, 11) is -5.11. The van der Waals surface area contributed by atoms with Crippen molar-refractivity contribution in [3.63, 3.8) is 0 Å². The molecule has 0 spiro atoms. The van der Waals surface area contributed by atoms with Crippen LogP contribution in [0.1, 0.15) is 187 Å². The minimum atomic E-state index is -5.11. The van der Waals surface area contributed by atoms with Crippen LogP contribution in [0.2, 0.25) is 0 Å². The van der Waals surface area contributed by atoms with Gasteiger partial charge in [0.2, 0.25) is 0 Å². The lowest BCUT2D eigenvalue weighted by Crippen LogP contribution is -2.64. The van der Waals surface area contributed by atoms with E-state index in [4.69, 9.17) is 18.5 Å².